The topological polar surface area (TPSA) is 97.2 Å². The summed E-state index contributed by atoms with van der Waals surface area (Å²) in [4.78, 5) is 20.8. The van der Waals surface area contributed by atoms with E-state index >= 15 is 0 Å². The van der Waals surface area contributed by atoms with E-state index in [2.05, 4.69) is 64.3 Å². The van der Waals surface area contributed by atoms with Crippen molar-refractivity contribution in [3.8, 4) is 0 Å². The van der Waals surface area contributed by atoms with Crippen molar-refractivity contribution in [1.82, 2.24) is 25.0 Å². The van der Waals surface area contributed by atoms with Crippen LogP contribution in [0.2, 0.25) is 0 Å². The Bertz CT molecular complexity index is 1500. The molecule has 1 saturated heterocycles. The summed E-state index contributed by atoms with van der Waals surface area (Å²) in [5.41, 5.74) is 5.18. The van der Waals surface area contributed by atoms with E-state index in [-0.39, 0.29) is 35.1 Å². The molecule has 220 valence electrons. The number of likely N-dealkylation sites (tertiary alicyclic amines) is 1. The molecule has 41 heavy (non-hydrogen) atoms. The third-order valence-electron chi connectivity index (χ3n) is 8.28. The minimum atomic E-state index is -3.26. The van der Waals surface area contributed by atoms with Gasteiger partial charge in [0.15, 0.2) is 9.84 Å². The summed E-state index contributed by atoms with van der Waals surface area (Å²) in [5, 5.41) is 8.08. The van der Waals surface area contributed by atoms with Crippen molar-refractivity contribution in [2.75, 3.05) is 18.8 Å². The first-order valence-electron chi connectivity index (χ1n) is 14.8. The second-order valence-corrected chi connectivity index (χ2v) is 15.1. The van der Waals surface area contributed by atoms with Crippen LogP contribution in [0.3, 0.4) is 0 Å². The number of aromatic nitrogens is 3. The van der Waals surface area contributed by atoms with Crippen molar-refractivity contribution in [2.24, 2.45) is 0 Å². The van der Waals surface area contributed by atoms with E-state index in [1.165, 1.54) is 18.4 Å². The van der Waals surface area contributed by atoms with E-state index in [1.54, 1.807) is 31.2 Å². The fourth-order valence-corrected chi connectivity index (χ4v) is 6.55. The van der Waals surface area contributed by atoms with Crippen LogP contribution in [0.4, 0.5) is 4.79 Å². The molecule has 2 aromatic heterocycles. The number of carbonyl (C=O) groups excluding carboxylic acids is 1. The van der Waals surface area contributed by atoms with Gasteiger partial charge in [0, 0.05) is 66.4 Å². The molecule has 0 spiro atoms. The number of rotatable bonds is 8. The first-order valence-corrected chi connectivity index (χ1v) is 16.4. The van der Waals surface area contributed by atoms with E-state index in [9.17, 15) is 13.2 Å². The molecule has 1 aliphatic carbocycles. The van der Waals surface area contributed by atoms with Crippen molar-refractivity contribution >= 4 is 15.9 Å². The molecular formula is C32H43N5O3S. The molecule has 2 atom stereocenters. The Labute approximate surface area is 244 Å². The lowest BCUT2D eigenvalue weighted by atomic mass is 9.80. The van der Waals surface area contributed by atoms with Crippen LogP contribution in [0.5, 0.6) is 0 Å². The summed E-state index contributed by atoms with van der Waals surface area (Å²) >= 11 is 0. The molecule has 3 aromatic rings. The number of sulfone groups is 1. The fourth-order valence-electron chi connectivity index (χ4n) is 5.66. The van der Waals surface area contributed by atoms with Crippen LogP contribution in [0.15, 0.2) is 53.6 Å². The highest BCUT2D eigenvalue weighted by Crippen LogP contribution is 2.44. The van der Waals surface area contributed by atoms with Crippen LogP contribution in [0.25, 0.3) is 0 Å². The van der Waals surface area contributed by atoms with E-state index in [0.717, 1.165) is 22.6 Å². The lowest BCUT2D eigenvalue weighted by Crippen LogP contribution is -2.38. The zero-order chi connectivity index (χ0) is 29.5. The maximum Gasteiger partial charge on any atom is 0.317 e. The Morgan fingerprint density at radius 3 is 2.29 bits per heavy atom. The monoisotopic (exact) mass is 577 g/mol. The van der Waals surface area contributed by atoms with Gasteiger partial charge in [-0.25, -0.2) is 13.2 Å². The molecule has 2 unspecified atom stereocenters. The molecule has 1 aromatic carbocycles. The summed E-state index contributed by atoms with van der Waals surface area (Å²) in [6, 6.07) is 13.2. The molecule has 9 heteroatoms. The van der Waals surface area contributed by atoms with Crippen LogP contribution >= 0.6 is 0 Å². The molecule has 2 aliphatic rings. The maximum atomic E-state index is 13.5. The Kier molecular flexibility index (Phi) is 8.03. The van der Waals surface area contributed by atoms with Gasteiger partial charge in [-0.3, -0.25) is 9.67 Å². The maximum absolute atomic E-state index is 13.5. The molecule has 5 rings (SSSR count). The third kappa shape index (κ3) is 6.35. The van der Waals surface area contributed by atoms with E-state index in [1.807, 2.05) is 9.58 Å². The molecule has 3 heterocycles. The number of urea groups is 1. The zero-order valence-corrected chi connectivity index (χ0v) is 25.9. The number of hydrogen-bond acceptors (Lipinski definition) is 5. The molecule has 2 fully saturated rings. The summed E-state index contributed by atoms with van der Waals surface area (Å²) < 4.78 is 26.3. The van der Waals surface area contributed by atoms with Gasteiger partial charge < -0.3 is 10.2 Å². The second kappa shape index (κ2) is 11.2. The molecule has 0 radical (unpaired) electrons. The van der Waals surface area contributed by atoms with Gasteiger partial charge in [0.25, 0.3) is 0 Å². The quantitative estimate of drug-likeness (QED) is 0.358. The Balaban J connectivity index is 1.40. The van der Waals surface area contributed by atoms with Gasteiger partial charge >= 0.3 is 6.03 Å². The average molecular weight is 578 g/mol. The predicted octanol–water partition coefficient (Wildman–Crippen LogP) is 5.92. The first kappa shape index (κ1) is 29.3. The Morgan fingerprint density at radius 1 is 1.02 bits per heavy atom. The lowest BCUT2D eigenvalue weighted by molar-refractivity contribution is 0.207. The van der Waals surface area contributed by atoms with E-state index in [4.69, 9.17) is 10.1 Å². The summed E-state index contributed by atoms with van der Waals surface area (Å²) in [5.74, 6) is 0.750. The largest absolute Gasteiger partial charge is 0.334 e. The Hall–Kier alpha value is -3.20. The number of nitrogens with zero attached hydrogens (tertiary/aromatic N) is 4. The number of benzene rings is 1. The highest BCUT2D eigenvalue weighted by molar-refractivity contribution is 7.91. The highest BCUT2D eigenvalue weighted by atomic mass is 32.2. The SMILES string of the molecule is CCS(=O)(=O)c1ccc(CNC(=O)N2CC(c3cccc(C4CC4)n3)C(c3cn(C(C)C)nc3C(C)(C)C)C2)cc1. The molecular weight excluding hydrogens is 534 g/mol. The number of nitrogens with one attached hydrogen (secondary N) is 1. The molecule has 1 aliphatic heterocycles. The molecule has 2 amide bonds. The minimum absolute atomic E-state index is 0.0592. The van der Waals surface area contributed by atoms with Gasteiger partial charge in [0.1, 0.15) is 0 Å². The molecule has 1 N–H and O–H groups in total. The Morgan fingerprint density at radius 2 is 1.68 bits per heavy atom. The summed E-state index contributed by atoms with van der Waals surface area (Å²) in [6.45, 7) is 14.0. The number of carbonyl (C=O) groups is 1. The van der Waals surface area contributed by atoms with Crippen LogP contribution in [0.1, 0.15) is 106 Å². The van der Waals surface area contributed by atoms with Gasteiger partial charge in [-0.15, -0.1) is 0 Å². The van der Waals surface area contributed by atoms with Crippen molar-refractivity contribution in [3.05, 3.63) is 76.9 Å². The summed E-state index contributed by atoms with van der Waals surface area (Å²) in [6.07, 6.45) is 4.57. The van der Waals surface area contributed by atoms with Gasteiger partial charge in [-0.1, -0.05) is 45.9 Å². The number of hydrogen-bond donors (Lipinski definition) is 1. The van der Waals surface area contributed by atoms with Crippen LogP contribution < -0.4 is 5.32 Å². The normalized spacial score (nSPS) is 19.6. The van der Waals surface area contributed by atoms with Gasteiger partial charge in [0.05, 0.1) is 16.3 Å². The van der Waals surface area contributed by atoms with Crippen LogP contribution in [-0.2, 0) is 21.8 Å². The van der Waals surface area contributed by atoms with Crippen molar-refractivity contribution in [1.29, 1.82) is 0 Å². The van der Waals surface area contributed by atoms with Crippen LogP contribution in [0, 0.1) is 0 Å². The smallest absolute Gasteiger partial charge is 0.317 e. The number of pyridine rings is 1. The van der Waals surface area contributed by atoms with Crippen molar-refractivity contribution < 1.29 is 13.2 Å². The highest BCUT2D eigenvalue weighted by Gasteiger charge is 2.41. The molecule has 8 nitrogen and oxygen atoms in total. The van der Waals surface area contributed by atoms with Crippen molar-refractivity contribution in [3.63, 3.8) is 0 Å². The predicted molar refractivity (Wildman–Crippen MR) is 161 cm³/mol. The third-order valence-corrected chi connectivity index (χ3v) is 10.0. The standard InChI is InChI=1S/C32H43N5O3S/c1-7-41(39,40)24-15-11-22(12-16-24)17-33-31(38)36-18-25(27-20-37(21(2)3)35-30(27)32(4,5)6)26(19-36)29-10-8-9-28(34-29)23-13-14-23/h8-12,15-16,20-21,23,25-26H,7,13-14,17-19H2,1-6H3,(H,33,38). The van der Waals surface area contributed by atoms with Crippen LogP contribution in [-0.4, -0.2) is 53.0 Å². The van der Waals surface area contributed by atoms with Crippen molar-refractivity contribution in [2.45, 2.75) is 95.0 Å². The first-order chi connectivity index (χ1) is 19.4. The fraction of sp³-hybridized carbons (Fsp3) is 0.531. The minimum Gasteiger partial charge on any atom is -0.334 e. The molecule has 0 bridgehead atoms. The molecule has 1 saturated carbocycles. The van der Waals surface area contributed by atoms with Gasteiger partial charge in [-0.05, 0) is 62.1 Å². The lowest BCUT2D eigenvalue weighted by Gasteiger charge is -2.23. The van der Waals surface area contributed by atoms with Gasteiger partial charge in [0.2, 0.25) is 0 Å². The summed E-state index contributed by atoms with van der Waals surface area (Å²) in [7, 11) is -3.26. The second-order valence-electron chi connectivity index (χ2n) is 12.8. The van der Waals surface area contributed by atoms with E-state index < -0.39 is 9.84 Å². The number of amides is 2. The van der Waals surface area contributed by atoms with Gasteiger partial charge in [-0.2, -0.15) is 5.10 Å². The van der Waals surface area contributed by atoms with E-state index in [0.29, 0.717) is 30.4 Å². The average Bonchev–Trinajstić information content (AvgIpc) is 3.52. The zero-order valence-electron chi connectivity index (χ0n) is 25.1.